The third-order valence-corrected chi connectivity index (χ3v) is 5.39. The highest BCUT2D eigenvalue weighted by atomic mass is 32.2. The summed E-state index contributed by atoms with van der Waals surface area (Å²) in [5.74, 6) is 0.556. The van der Waals surface area contributed by atoms with Gasteiger partial charge in [-0.15, -0.1) is 11.8 Å². The number of nitrogens with two attached hydrogens (primary N) is 1. The third kappa shape index (κ3) is 2.89. The van der Waals surface area contributed by atoms with E-state index in [1.165, 1.54) is 6.07 Å². The highest BCUT2D eigenvalue weighted by Gasteiger charge is 2.48. The Morgan fingerprint density at radius 3 is 2.56 bits per heavy atom. The van der Waals surface area contributed by atoms with E-state index < -0.39 is 0 Å². The lowest BCUT2D eigenvalue weighted by Gasteiger charge is -2.52. The fourth-order valence-electron chi connectivity index (χ4n) is 2.52. The van der Waals surface area contributed by atoms with Gasteiger partial charge in [0.15, 0.2) is 0 Å². The first-order valence-electron chi connectivity index (χ1n) is 6.49. The van der Waals surface area contributed by atoms with Gasteiger partial charge >= 0.3 is 0 Å². The number of thioether (sulfide) groups is 1. The molecule has 100 valence electrons. The number of halogens is 1. The Morgan fingerprint density at radius 1 is 1.39 bits per heavy atom. The minimum absolute atomic E-state index is 0.117. The molecule has 0 amide bonds. The molecule has 2 rings (SSSR count). The summed E-state index contributed by atoms with van der Waals surface area (Å²) in [6.45, 7) is 7.52. The lowest BCUT2D eigenvalue weighted by Crippen LogP contribution is -2.50. The summed E-state index contributed by atoms with van der Waals surface area (Å²) in [6.07, 6.45) is 2.27. The Kier molecular flexibility index (Phi) is 3.75. The molecule has 18 heavy (non-hydrogen) atoms. The predicted molar refractivity (Wildman–Crippen MR) is 76.2 cm³/mol. The summed E-state index contributed by atoms with van der Waals surface area (Å²) < 4.78 is 13.3. The van der Waals surface area contributed by atoms with Crippen molar-refractivity contribution in [3.05, 3.63) is 30.1 Å². The molecule has 3 heteroatoms. The number of rotatable bonds is 3. The van der Waals surface area contributed by atoms with Crippen LogP contribution < -0.4 is 5.73 Å². The van der Waals surface area contributed by atoms with Crippen LogP contribution in [0.4, 0.5) is 4.39 Å². The fraction of sp³-hybridized carbons (Fsp3) is 0.600. The smallest absolute Gasteiger partial charge is 0.124 e. The van der Waals surface area contributed by atoms with Gasteiger partial charge in [0, 0.05) is 16.2 Å². The minimum Gasteiger partial charge on any atom is -0.329 e. The second-order valence-electron chi connectivity index (χ2n) is 6.42. The van der Waals surface area contributed by atoms with Crippen LogP contribution in [0.5, 0.6) is 0 Å². The van der Waals surface area contributed by atoms with Gasteiger partial charge in [0.05, 0.1) is 0 Å². The fourth-order valence-corrected chi connectivity index (χ4v) is 3.99. The van der Waals surface area contributed by atoms with E-state index in [0.717, 1.165) is 23.7 Å². The van der Waals surface area contributed by atoms with Gasteiger partial charge in [-0.05, 0) is 42.4 Å². The largest absolute Gasteiger partial charge is 0.329 e. The molecule has 0 aromatic heterocycles. The average Bonchev–Trinajstić information content (AvgIpc) is 2.21. The van der Waals surface area contributed by atoms with E-state index in [9.17, 15) is 4.39 Å². The molecular formula is C15H22FNS. The third-order valence-electron chi connectivity index (χ3n) is 3.96. The van der Waals surface area contributed by atoms with E-state index in [4.69, 9.17) is 5.73 Å². The lowest BCUT2D eigenvalue weighted by atomic mass is 9.62. The van der Waals surface area contributed by atoms with Crippen molar-refractivity contribution in [3.63, 3.8) is 0 Å². The molecule has 0 heterocycles. The van der Waals surface area contributed by atoms with E-state index in [1.54, 1.807) is 23.9 Å². The molecule has 1 aromatic rings. The highest BCUT2D eigenvalue weighted by molar-refractivity contribution is 8.00. The van der Waals surface area contributed by atoms with Gasteiger partial charge in [0.25, 0.3) is 0 Å². The monoisotopic (exact) mass is 267 g/mol. The molecule has 0 aliphatic heterocycles. The maximum absolute atomic E-state index is 13.2. The Morgan fingerprint density at radius 2 is 2.06 bits per heavy atom. The van der Waals surface area contributed by atoms with Crippen LogP contribution in [0, 0.1) is 17.2 Å². The predicted octanol–water partition coefficient (Wildman–Crippen LogP) is 4.07. The van der Waals surface area contributed by atoms with Crippen LogP contribution in [0.25, 0.3) is 0 Å². The first kappa shape index (κ1) is 13.9. The molecule has 1 saturated carbocycles. The van der Waals surface area contributed by atoms with E-state index in [1.807, 2.05) is 6.07 Å². The maximum Gasteiger partial charge on any atom is 0.124 e. The number of hydrogen-bond donors (Lipinski definition) is 1. The molecule has 1 aromatic carbocycles. The zero-order chi connectivity index (χ0) is 13.4. The lowest BCUT2D eigenvalue weighted by molar-refractivity contribution is 0.102. The van der Waals surface area contributed by atoms with Crippen molar-refractivity contribution in [1.82, 2.24) is 0 Å². The van der Waals surface area contributed by atoms with Gasteiger partial charge in [-0.3, -0.25) is 0 Å². The average molecular weight is 267 g/mol. The van der Waals surface area contributed by atoms with Gasteiger partial charge in [-0.2, -0.15) is 0 Å². The topological polar surface area (TPSA) is 26.0 Å². The molecule has 0 atom stereocenters. The van der Waals surface area contributed by atoms with Gasteiger partial charge < -0.3 is 5.73 Å². The standard InChI is InChI=1S/C15H22FNS/c1-14(2,3)11-8-15(9-11,10-17)18-13-6-4-5-12(16)7-13/h4-7,11H,8-10,17H2,1-3H3. The van der Waals surface area contributed by atoms with Crippen molar-refractivity contribution in [2.75, 3.05) is 6.54 Å². The van der Waals surface area contributed by atoms with Crippen LogP contribution in [-0.4, -0.2) is 11.3 Å². The summed E-state index contributed by atoms with van der Waals surface area (Å²) in [7, 11) is 0. The molecule has 1 nitrogen and oxygen atoms in total. The first-order valence-corrected chi connectivity index (χ1v) is 7.31. The second kappa shape index (κ2) is 4.86. The Bertz CT molecular complexity index is 419. The van der Waals surface area contributed by atoms with Crippen LogP contribution >= 0.6 is 11.8 Å². The SMILES string of the molecule is CC(C)(C)C1CC(CN)(Sc2cccc(F)c2)C1. The minimum atomic E-state index is -0.168. The summed E-state index contributed by atoms with van der Waals surface area (Å²) in [5.41, 5.74) is 6.29. The van der Waals surface area contributed by atoms with Gasteiger partial charge in [0.1, 0.15) is 5.82 Å². The molecular weight excluding hydrogens is 245 g/mol. The Hall–Kier alpha value is -0.540. The second-order valence-corrected chi connectivity index (χ2v) is 7.96. The Labute approximate surface area is 113 Å². The molecule has 0 spiro atoms. The van der Waals surface area contributed by atoms with Crippen LogP contribution in [0.15, 0.2) is 29.2 Å². The number of benzene rings is 1. The quantitative estimate of drug-likeness (QED) is 0.893. The van der Waals surface area contributed by atoms with Gasteiger partial charge in [0.2, 0.25) is 0 Å². The van der Waals surface area contributed by atoms with Crippen LogP contribution in [0.1, 0.15) is 33.6 Å². The van der Waals surface area contributed by atoms with Crippen molar-refractivity contribution in [3.8, 4) is 0 Å². The maximum atomic E-state index is 13.2. The molecule has 0 radical (unpaired) electrons. The van der Waals surface area contributed by atoms with Crippen molar-refractivity contribution in [1.29, 1.82) is 0 Å². The molecule has 1 fully saturated rings. The zero-order valence-electron chi connectivity index (χ0n) is 11.4. The summed E-state index contributed by atoms with van der Waals surface area (Å²) in [5, 5.41) is 0. The molecule has 1 aliphatic carbocycles. The zero-order valence-corrected chi connectivity index (χ0v) is 12.2. The normalized spacial score (nSPS) is 27.9. The van der Waals surface area contributed by atoms with Gasteiger partial charge in [-0.1, -0.05) is 26.8 Å². The van der Waals surface area contributed by atoms with E-state index in [0.29, 0.717) is 12.0 Å². The van der Waals surface area contributed by atoms with Crippen LogP contribution in [0.3, 0.4) is 0 Å². The van der Waals surface area contributed by atoms with Crippen molar-refractivity contribution in [2.45, 2.75) is 43.3 Å². The molecule has 0 bridgehead atoms. The van der Waals surface area contributed by atoms with E-state index in [-0.39, 0.29) is 10.6 Å². The van der Waals surface area contributed by atoms with Crippen molar-refractivity contribution in [2.24, 2.45) is 17.1 Å². The molecule has 2 N–H and O–H groups in total. The Balaban J connectivity index is 2.04. The highest BCUT2D eigenvalue weighted by Crippen LogP contribution is 2.55. The van der Waals surface area contributed by atoms with Gasteiger partial charge in [-0.25, -0.2) is 4.39 Å². The van der Waals surface area contributed by atoms with Crippen molar-refractivity contribution >= 4 is 11.8 Å². The van der Waals surface area contributed by atoms with Crippen molar-refractivity contribution < 1.29 is 4.39 Å². The molecule has 0 saturated heterocycles. The summed E-state index contributed by atoms with van der Waals surface area (Å²) >= 11 is 1.75. The van der Waals surface area contributed by atoms with E-state index in [2.05, 4.69) is 20.8 Å². The summed E-state index contributed by atoms with van der Waals surface area (Å²) in [4.78, 5) is 0.993. The molecule has 1 aliphatic rings. The van der Waals surface area contributed by atoms with Crippen LogP contribution in [0.2, 0.25) is 0 Å². The van der Waals surface area contributed by atoms with E-state index >= 15 is 0 Å². The van der Waals surface area contributed by atoms with Crippen LogP contribution in [-0.2, 0) is 0 Å². The number of hydrogen-bond acceptors (Lipinski definition) is 2. The first-order chi connectivity index (χ1) is 8.35. The molecule has 0 unspecified atom stereocenters. The summed E-state index contributed by atoms with van der Waals surface area (Å²) in [6, 6.07) is 6.82.